The van der Waals surface area contributed by atoms with Gasteiger partial charge in [0.1, 0.15) is 11.5 Å². The van der Waals surface area contributed by atoms with Crippen molar-refractivity contribution in [3.63, 3.8) is 0 Å². The molecular formula is C14H10Cl2N2O4. The minimum atomic E-state index is -0.890. The Morgan fingerprint density at radius 3 is 2.14 bits per heavy atom. The number of amides is 3. The van der Waals surface area contributed by atoms with E-state index in [4.69, 9.17) is 23.2 Å². The van der Waals surface area contributed by atoms with Crippen LogP contribution in [0.2, 0.25) is 10.0 Å². The van der Waals surface area contributed by atoms with E-state index in [1.165, 1.54) is 25.1 Å². The largest absolute Gasteiger partial charge is 0.512 e. The molecule has 0 radical (unpaired) electrons. The molecule has 2 rings (SSSR count). The number of aliphatic imine (C=N–C) groups is 1. The van der Waals surface area contributed by atoms with E-state index >= 15 is 0 Å². The zero-order valence-electron chi connectivity index (χ0n) is 11.6. The van der Waals surface area contributed by atoms with Crippen LogP contribution in [0.1, 0.15) is 13.8 Å². The van der Waals surface area contributed by atoms with Gasteiger partial charge in [0, 0.05) is 10.0 Å². The third kappa shape index (κ3) is 2.88. The first-order valence-electron chi connectivity index (χ1n) is 6.06. The van der Waals surface area contributed by atoms with Gasteiger partial charge in [-0.3, -0.25) is 9.59 Å². The number of anilines is 1. The van der Waals surface area contributed by atoms with Gasteiger partial charge in [0.15, 0.2) is 5.78 Å². The van der Waals surface area contributed by atoms with Crippen LogP contribution in [-0.4, -0.2) is 28.5 Å². The van der Waals surface area contributed by atoms with Crippen LogP contribution in [0.15, 0.2) is 34.5 Å². The molecule has 0 fully saturated rings. The van der Waals surface area contributed by atoms with Gasteiger partial charge >= 0.3 is 6.03 Å². The van der Waals surface area contributed by atoms with E-state index in [9.17, 15) is 19.5 Å². The highest BCUT2D eigenvalue weighted by Crippen LogP contribution is 2.29. The molecule has 0 bridgehead atoms. The number of ketones is 1. The SMILES string of the molecule is CC(=O)C(C1=NC(=O)N(c2cc(Cl)cc(Cl)c2)C1=O)=C(C)O. The lowest BCUT2D eigenvalue weighted by atomic mass is 10.0. The highest BCUT2D eigenvalue weighted by molar-refractivity contribution is 6.61. The van der Waals surface area contributed by atoms with Gasteiger partial charge in [0.05, 0.1) is 11.3 Å². The summed E-state index contributed by atoms with van der Waals surface area (Å²) >= 11 is 11.7. The van der Waals surface area contributed by atoms with Gasteiger partial charge < -0.3 is 5.11 Å². The van der Waals surface area contributed by atoms with Crippen LogP contribution in [-0.2, 0) is 9.59 Å². The average molecular weight is 341 g/mol. The number of Topliss-reactive ketones (excluding diaryl/α,β-unsaturated/α-hetero) is 1. The number of aliphatic hydroxyl groups is 1. The fraction of sp³-hybridized carbons (Fsp3) is 0.143. The van der Waals surface area contributed by atoms with Crippen LogP contribution < -0.4 is 4.90 Å². The molecule has 0 atom stereocenters. The average Bonchev–Trinajstić information content (AvgIpc) is 2.62. The summed E-state index contributed by atoms with van der Waals surface area (Å²) in [4.78, 5) is 40.2. The number of hydrogen-bond acceptors (Lipinski definition) is 4. The fourth-order valence-electron chi connectivity index (χ4n) is 2.04. The Balaban J connectivity index is 2.50. The van der Waals surface area contributed by atoms with Crippen molar-refractivity contribution < 1.29 is 19.5 Å². The summed E-state index contributed by atoms with van der Waals surface area (Å²) in [6.07, 6.45) is 0. The van der Waals surface area contributed by atoms with Crippen molar-refractivity contribution >= 4 is 52.3 Å². The van der Waals surface area contributed by atoms with Crippen LogP contribution in [0.25, 0.3) is 0 Å². The Morgan fingerprint density at radius 2 is 1.68 bits per heavy atom. The maximum atomic E-state index is 12.4. The lowest BCUT2D eigenvalue weighted by Crippen LogP contribution is -2.34. The normalized spacial score (nSPS) is 15.8. The number of allylic oxidation sites excluding steroid dienone is 1. The molecule has 3 amide bonds. The van der Waals surface area contributed by atoms with Crippen LogP contribution in [0.5, 0.6) is 0 Å². The Kier molecular flexibility index (Phi) is 4.35. The van der Waals surface area contributed by atoms with Crippen LogP contribution in [0, 0.1) is 0 Å². The predicted octanol–water partition coefficient (Wildman–Crippen LogP) is 3.32. The molecule has 0 spiro atoms. The number of halogens is 2. The van der Waals surface area contributed by atoms with Crippen LogP contribution in [0.4, 0.5) is 10.5 Å². The topological polar surface area (TPSA) is 87.0 Å². The second-order valence-corrected chi connectivity index (χ2v) is 5.40. The number of aliphatic hydroxyl groups excluding tert-OH is 1. The molecular weight excluding hydrogens is 331 g/mol. The number of rotatable bonds is 3. The number of benzene rings is 1. The van der Waals surface area contributed by atoms with E-state index in [1.807, 2.05) is 0 Å². The predicted molar refractivity (Wildman–Crippen MR) is 82.8 cm³/mol. The number of carbonyl (C=O) groups is 3. The second-order valence-electron chi connectivity index (χ2n) is 4.53. The Bertz CT molecular complexity index is 744. The molecule has 0 aliphatic carbocycles. The molecule has 1 N–H and O–H groups in total. The highest BCUT2D eigenvalue weighted by Gasteiger charge is 2.38. The van der Waals surface area contributed by atoms with Gasteiger partial charge in [0.25, 0.3) is 5.91 Å². The van der Waals surface area contributed by atoms with Crippen molar-refractivity contribution in [1.82, 2.24) is 0 Å². The van der Waals surface area contributed by atoms with E-state index in [1.54, 1.807) is 0 Å². The first-order chi connectivity index (χ1) is 10.2. The standard InChI is InChI=1S/C14H10Cl2N2O4/c1-6(19)11(7(2)20)12-13(21)18(14(22)17-12)10-4-8(15)3-9(16)5-10/h3-5,19H,1-2H3. The minimum Gasteiger partial charge on any atom is -0.512 e. The van der Waals surface area contributed by atoms with Gasteiger partial charge in [-0.2, -0.15) is 4.99 Å². The zero-order chi connectivity index (χ0) is 16.6. The maximum Gasteiger partial charge on any atom is 0.355 e. The summed E-state index contributed by atoms with van der Waals surface area (Å²) < 4.78 is 0. The van der Waals surface area contributed by atoms with Crippen molar-refractivity contribution in [2.75, 3.05) is 4.90 Å². The van der Waals surface area contributed by atoms with E-state index in [2.05, 4.69) is 4.99 Å². The summed E-state index contributed by atoms with van der Waals surface area (Å²) in [7, 11) is 0. The molecule has 1 aromatic rings. The summed E-state index contributed by atoms with van der Waals surface area (Å²) in [5, 5.41) is 10.0. The highest BCUT2D eigenvalue weighted by atomic mass is 35.5. The molecule has 22 heavy (non-hydrogen) atoms. The molecule has 114 valence electrons. The number of nitrogens with zero attached hydrogens (tertiary/aromatic N) is 2. The molecule has 6 nitrogen and oxygen atoms in total. The number of hydrogen-bond donors (Lipinski definition) is 1. The van der Waals surface area contributed by atoms with E-state index in [0.29, 0.717) is 0 Å². The Morgan fingerprint density at radius 1 is 1.14 bits per heavy atom. The summed E-state index contributed by atoms with van der Waals surface area (Å²) in [5.41, 5.74) is -0.577. The lowest BCUT2D eigenvalue weighted by molar-refractivity contribution is -0.114. The van der Waals surface area contributed by atoms with Gasteiger partial charge in [-0.05, 0) is 32.0 Å². The van der Waals surface area contributed by atoms with Crippen LogP contribution >= 0.6 is 23.2 Å². The molecule has 1 aliphatic rings. The summed E-state index contributed by atoms with van der Waals surface area (Å²) in [6, 6.07) is 3.28. The summed E-state index contributed by atoms with van der Waals surface area (Å²) in [6.45, 7) is 2.39. The first-order valence-corrected chi connectivity index (χ1v) is 6.82. The summed E-state index contributed by atoms with van der Waals surface area (Å²) in [5.74, 6) is -1.80. The molecule has 1 aliphatic heterocycles. The van der Waals surface area contributed by atoms with Gasteiger partial charge in [0.2, 0.25) is 0 Å². The van der Waals surface area contributed by atoms with E-state index in [-0.39, 0.29) is 21.3 Å². The van der Waals surface area contributed by atoms with Crippen molar-refractivity contribution in [2.24, 2.45) is 4.99 Å². The van der Waals surface area contributed by atoms with Crippen molar-refractivity contribution in [3.8, 4) is 0 Å². The van der Waals surface area contributed by atoms with Crippen molar-refractivity contribution in [2.45, 2.75) is 13.8 Å². The molecule has 0 saturated heterocycles. The third-order valence-corrected chi connectivity index (χ3v) is 3.30. The van der Waals surface area contributed by atoms with Gasteiger partial charge in [-0.25, -0.2) is 9.69 Å². The van der Waals surface area contributed by atoms with Gasteiger partial charge in [-0.15, -0.1) is 0 Å². The Hall–Kier alpha value is -2.18. The monoisotopic (exact) mass is 340 g/mol. The fourth-order valence-corrected chi connectivity index (χ4v) is 2.55. The van der Waals surface area contributed by atoms with Crippen LogP contribution in [0.3, 0.4) is 0 Å². The maximum absolute atomic E-state index is 12.4. The zero-order valence-corrected chi connectivity index (χ0v) is 13.1. The van der Waals surface area contributed by atoms with Gasteiger partial charge in [-0.1, -0.05) is 23.2 Å². The molecule has 1 heterocycles. The Labute approximate surface area is 135 Å². The molecule has 0 unspecified atom stereocenters. The third-order valence-electron chi connectivity index (χ3n) is 2.86. The molecule has 8 heteroatoms. The van der Waals surface area contributed by atoms with E-state index < -0.39 is 29.2 Å². The number of imide groups is 1. The first kappa shape index (κ1) is 16.2. The number of urea groups is 1. The van der Waals surface area contributed by atoms with Crippen molar-refractivity contribution in [1.29, 1.82) is 0 Å². The van der Waals surface area contributed by atoms with E-state index in [0.717, 1.165) is 11.8 Å². The smallest absolute Gasteiger partial charge is 0.355 e. The van der Waals surface area contributed by atoms with Crippen molar-refractivity contribution in [3.05, 3.63) is 39.6 Å². The molecule has 0 aromatic heterocycles. The second kappa shape index (κ2) is 5.90. The molecule has 1 aromatic carbocycles. The lowest BCUT2D eigenvalue weighted by Gasteiger charge is -2.14. The molecule has 0 saturated carbocycles. The number of carbonyl (C=O) groups excluding carboxylic acids is 3. The quantitative estimate of drug-likeness (QED) is 0.675. The minimum absolute atomic E-state index is 0.129.